The number of nitrogen functional groups attached to an aromatic ring is 1. The molecule has 0 unspecified atom stereocenters. The molecule has 0 aliphatic heterocycles. The lowest BCUT2D eigenvalue weighted by Gasteiger charge is -2.32. The van der Waals surface area contributed by atoms with Gasteiger partial charge in [0.1, 0.15) is 17.6 Å². The maximum atomic E-state index is 12.8. The number of carbonyl (C=O) groups excluding carboxylic acids is 1. The monoisotopic (exact) mass is 473 g/mol. The number of nitrogens with zero attached hydrogens (tertiary/aromatic N) is 3. The van der Waals surface area contributed by atoms with Gasteiger partial charge in [0, 0.05) is 42.7 Å². The van der Waals surface area contributed by atoms with E-state index in [0.29, 0.717) is 18.7 Å². The Bertz CT molecular complexity index is 992. The molecule has 0 spiro atoms. The normalized spacial score (nSPS) is 11.1. The molecule has 34 heavy (non-hydrogen) atoms. The number of nitrogens with two attached hydrogens (primary N) is 1. The van der Waals surface area contributed by atoms with Crippen molar-refractivity contribution >= 4 is 17.8 Å². The Balaban J connectivity index is 0.00000133. The van der Waals surface area contributed by atoms with Crippen LogP contribution in [0.2, 0.25) is 0 Å². The number of aliphatic carboxylic acids is 1. The van der Waals surface area contributed by atoms with Crippen LogP contribution in [0.4, 0.5) is 0 Å². The molecule has 10 nitrogen and oxygen atoms in total. The molecule has 186 valence electrons. The van der Waals surface area contributed by atoms with Gasteiger partial charge < -0.3 is 20.3 Å². The summed E-state index contributed by atoms with van der Waals surface area (Å²) >= 11 is 0. The lowest BCUT2D eigenvalue weighted by atomic mass is 9.83. The van der Waals surface area contributed by atoms with Crippen LogP contribution in [0.1, 0.15) is 65.8 Å². The smallest absolute Gasteiger partial charge is 0.316 e. The molecule has 2 aromatic rings. The van der Waals surface area contributed by atoms with E-state index in [1.807, 2.05) is 47.6 Å². The first-order valence-electron chi connectivity index (χ1n) is 10.9. The SMILES string of the molecule is CC(=O)O.CCC(CC)(COc1cc(C)c(-c2cnc(C(=N)N)nc2)cn1)C(=O)OC(C)(C)C. The Morgan fingerprint density at radius 2 is 1.62 bits per heavy atom. The second-order valence-electron chi connectivity index (χ2n) is 8.84. The van der Waals surface area contributed by atoms with E-state index in [-0.39, 0.29) is 24.2 Å². The van der Waals surface area contributed by atoms with E-state index in [2.05, 4.69) is 15.0 Å². The van der Waals surface area contributed by atoms with Gasteiger partial charge in [-0.15, -0.1) is 0 Å². The molecule has 0 saturated carbocycles. The van der Waals surface area contributed by atoms with Gasteiger partial charge in [-0.25, -0.2) is 15.0 Å². The van der Waals surface area contributed by atoms with Crippen molar-refractivity contribution in [2.45, 2.75) is 66.9 Å². The number of aromatic nitrogens is 3. The maximum absolute atomic E-state index is 12.8. The van der Waals surface area contributed by atoms with Crippen LogP contribution >= 0.6 is 0 Å². The molecule has 0 bridgehead atoms. The van der Waals surface area contributed by atoms with E-state index >= 15 is 0 Å². The molecule has 0 aliphatic rings. The van der Waals surface area contributed by atoms with Gasteiger partial charge in [0.25, 0.3) is 5.97 Å². The summed E-state index contributed by atoms with van der Waals surface area (Å²) in [6.45, 7) is 12.7. The van der Waals surface area contributed by atoms with Gasteiger partial charge >= 0.3 is 5.97 Å². The number of esters is 1. The van der Waals surface area contributed by atoms with Crippen LogP contribution in [-0.2, 0) is 14.3 Å². The summed E-state index contributed by atoms with van der Waals surface area (Å²) in [5.41, 5.74) is 6.66. The number of aryl methyl sites for hydroxylation is 1. The number of hydrogen-bond acceptors (Lipinski definition) is 8. The predicted molar refractivity (Wildman–Crippen MR) is 129 cm³/mol. The first kappa shape index (κ1) is 28.5. The van der Waals surface area contributed by atoms with Crippen molar-refractivity contribution in [2.75, 3.05) is 6.61 Å². The van der Waals surface area contributed by atoms with Crippen LogP contribution in [0.3, 0.4) is 0 Å². The number of carbonyl (C=O) groups is 2. The second kappa shape index (κ2) is 12.1. The molecule has 0 fully saturated rings. The number of nitrogens with one attached hydrogen (secondary N) is 1. The minimum absolute atomic E-state index is 0.180. The van der Waals surface area contributed by atoms with Crippen molar-refractivity contribution in [1.82, 2.24) is 15.0 Å². The zero-order valence-electron chi connectivity index (χ0n) is 20.9. The Labute approximate surface area is 200 Å². The standard InChI is InChI=1S/C22H31N5O3.C2H4O2/c1-7-22(8-2,20(28)30-21(4,5)6)13-29-17-9-14(3)16(12-25-17)15-10-26-19(18(23)24)27-11-15;1-2(3)4/h9-12H,7-8,13H2,1-6H3,(H3,23,24);1H3,(H,3,4). The van der Waals surface area contributed by atoms with E-state index in [9.17, 15) is 4.79 Å². The summed E-state index contributed by atoms with van der Waals surface area (Å²) in [5, 5.41) is 14.8. The summed E-state index contributed by atoms with van der Waals surface area (Å²) < 4.78 is 11.5. The Morgan fingerprint density at radius 3 is 2.03 bits per heavy atom. The number of carboxylic acid groups (broad SMARTS) is 1. The van der Waals surface area contributed by atoms with Crippen LogP contribution < -0.4 is 10.5 Å². The predicted octanol–water partition coefficient (Wildman–Crippen LogP) is 3.75. The molecule has 2 heterocycles. The summed E-state index contributed by atoms with van der Waals surface area (Å²) in [6.07, 6.45) is 6.11. The van der Waals surface area contributed by atoms with Crippen LogP contribution in [-0.4, -0.2) is 50.0 Å². The molecule has 2 rings (SSSR count). The zero-order valence-corrected chi connectivity index (χ0v) is 20.9. The molecule has 10 heteroatoms. The minimum Gasteiger partial charge on any atom is -0.481 e. The molecule has 0 aliphatic carbocycles. The maximum Gasteiger partial charge on any atom is 0.316 e. The van der Waals surface area contributed by atoms with E-state index in [1.54, 1.807) is 18.6 Å². The summed E-state index contributed by atoms with van der Waals surface area (Å²) in [6, 6.07) is 1.82. The summed E-state index contributed by atoms with van der Waals surface area (Å²) in [4.78, 5) is 34.3. The van der Waals surface area contributed by atoms with Crippen LogP contribution in [0, 0.1) is 17.7 Å². The van der Waals surface area contributed by atoms with Crippen molar-refractivity contribution in [3.8, 4) is 17.0 Å². The van der Waals surface area contributed by atoms with Crippen LogP contribution in [0.15, 0.2) is 24.7 Å². The first-order chi connectivity index (χ1) is 15.7. The fourth-order valence-electron chi connectivity index (χ4n) is 2.92. The number of carboxylic acids is 1. The fraction of sp³-hybridized carbons (Fsp3) is 0.500. The van der Waals surface area contributed by atoms with Crippen LogP contribution in [0.5, 0.6) is 5.88 Å². The van der Waals surface area contributed by atoms with E-state index < -0.39 is 17.0 Å². The zero-order chi connectivity index (χ0) is 26.1. The fourth-order valence-corrected chi connectivity index (χ4v) is 2.92. The van der Waals surface area contributed by atoms with Crippen molar-refractivity contribution in [3.05, 3.63) is 36.0 Å². The van der Waals surface area contributed by atoms with E-state index in [0.717, 1.165) is 23.6 Å². The summed E-state index contributed by atoms with van der Waals surface area (Å²) in [7, 11) is 0. The molecular weight excluding hydrogens is 438 g/mol. The highest BCUT2D eigenvalue weighted by atomic mass is 16.6. The van der Waals surface area contributed by atoms with Crippen molar-refractivity contribution < 1.29 is 24.2 Å². The molecule has 4 N–H and O–H groups in total. The number of amidine groups is 1. The second-order valence-corrected chi connectivity index (χ2v) is 8.84. The quantitative estimate of drug-likeness (QED) is 0.294. The van der Waals surface area contributed by atoms with Gasteiger partial charge in [-0.2, -0.15) is 0 Å². The molecule has 2 aromatic heterocycles. The van der Waals surface area contributed by atoms with Crippen molar-refractivity contribution in [1.29, 1.82) is 5.41 Å². The Kier molecular flexibility index (Phi) is 10.1. The van der Waals surface area contributed by atoms with Crippen molar-refractivity contribution in [3.63, 3.8) is 0 Å². The number of rotatable bonds is 8. The number of pyridine rings is 1. The van der Waals surface area contributed by atoms with Gasteiger partial charge in [-0.3, -0.25) is 15.0 Å². The number of ether oxygens (including phenoxy) is 2. The highest BCUT2D eigenvalue weighted by molar-refractivity contribution is 5.91. The molecule has 0 aromatic carbocycles. The molecule has 0 amide bonds. The molecule has 0 radical (unpaired) electrons. The lowest BCUT2D eigenvalue weighted by Crippen LogP contribution is -2.41. The van der Waals surface area contributed by atoms with Gasteiger partial charge in [0.05, 0.1) is 0 Å². The van der Waals surface area contributed by atoms with Gasteiger partial charge in [-0.05, 0) is 46.1 Å². The number of hydrogen-bond donors (Lipinski definition) is 3. The van der Waals surface area contributed by atoms with Gasteiger partial charge in [0.2, 0.25) is 5.88 Å². The minimum atomic E-state index is -0.833. The largest absolute Gasteiger partial charge is 0.481 e. The summed E-state index contributed by atoms with van der Waals surface area (Å²) in [5.74, 6) is -0.647. The van der Waals surface area contributed by atoms with Gasteiger partial charge in [0.15, 0.2) is 11.7 Å². The third-order valence-corrected chi connectivity index (χ3v) is 4.97. The molecular formula is C24H35N5O5. The highest BCUT2D eigenvalue weighted by Crippen LogP contribution is 2.32. The molecule has 0 atom stereocenters. The van der Waals surface area contributed by atoms with Crippen LogP contribution in [0.25, 0.3) is 11.1 Å². The molecule has 0 saturated heterocycles. The Hall–Kier alpha value is -3.56. The average Bonchev–Trinajstić information content (AvgIpc) is 2.73. The van der Waals surface area contributed by atoms with Crippen molar-refractivity contribution in [2.24, 2.45) is 11.1 Å². The topological polar surface area (TPSA) is 161 Å². The highest BCUT2D eigenvalue weighted by Gasteiger charge is 2.39. The average molecular weight is 474 g/mol. The Morgan fingerprint density at radius 1 is 1.09 bits per heavy atom. The van der Waals surface area contributed by atoms with E-state index in [4.69, 9.17) is 30.5 Å². The van der Waals surface area contributed by atoms with Gasteiger partial charge in [-0.1, -0.05) is 13.8 Å². The third kappa shape index (κ3) is 8.42. The van der Waals surface area contributed by atoms with E-state index in [1.165, 1.54) is 0 Å². The third-order valence-electron chi connectivity index (χ3n) is 4.97. The lowest BCUT2D eigenvalue weighted by molar-refractivity contribution is -0.170. The first-order valence-corrected chi connectivity index (χ1v) is 10.9.